The number of carbonyl (C=O) groups is 2. The van der Waals surface area contributed by atoms with Gasteiger partial charge in [-0.25, -0.2) is 0 Å². The van der Waals surface area contributed by atoms with Gasteiger partial charge >= 0.3 is 0 Å². The predicted octanol–water partition coefficient (Wildman–Crippen LogP) is 2.61. The third-order valence-corrected chi connectivity index (χ3v) is 3.99. The molecule has 0 heterocycles. The molecule has 1 amide bonds. The van der Waals surface area contributed by atoms with Crippen LogP contribution in [0.1, 0.15) is 51.6 Å². The lowest BCUT2D eigenvalue weighted by atomic mass is 10.0. The normalized spacial score (nSPS) is 10.4. The van der Waals surface area contributed by atoms with E-state index in [1.165, 1.54) is 12.1 Å². The molecule has 0 unspecified atom stereocenters. The van der Waals surface area contributed by atoms with Crippen LogP contribution in [0.2, 0.25) is 0 Å². The molecule has 0 radical (unpaired) electrons. The van der Waals surface area contributed by atoms with E-state index in [0.717, 1.165) is 11.1 Å². The van der Waals surface area contributed by atoms with Crippen LogP contribution in [-0.4, -0.2) is 17.0 Å². The van der Waals surface area contributed by atoms with Gasteiger partial charge in [0, 0.05) is 11.3 Å². The van der Waals surface area contributed by atoms with E-state index in [0.29, 0.717) is 17.2 Å². The number of carbonyl (C=O) groups excluding carboxylic acids is 2. The minimum Gasteiger partial charge on any atom is -0.545 e. The maximum atomic E-state index is 12.2. The van der Waals surface area contributed by atoms with Gasteiger partial charge in [0.25, 0.3) is 5.91 Å². The topological polar surface area (TPSA) is 81.3 Å². The summed E-state index contributed by atoms with van der Waals surface area (Å²) < 4.78 is 0. The molecule has 2 aromatic rings. The quantitative estimate of drug-likeness (QED) is 0.824. The van der Waals surface area contributed by atoms with Crippen LogP contribution in [0.4, 0.5) is 5.69 Å². The molecule has 0 spiro atoms. The van der Waals surface area contributed by atoms with Crippen LogP contribution in [0.25, 0.3) is 0 Å². The molecule has 0 aliphatic rings. The Balaban J connectivity index is 2.06. The summed E-state index contributed by atoms with van der Waals surface area (Å²) in [7, 11) is 0. The highest BCUT2D eigenvalue weighted by Crippen LogP contribution is 2.17. The molecule has 6 heteroatoms. The summed E-state index contributed by atoms with van der Waals surface area (Å²) in [5.74, 6) is -1.22. The zero-order chi connectivity index (χ0) is 18.6. The number of thiocarbonyl (C=S) groups is 1. The average Bonchev–Trinajstić information content (AvgIpc) is 2.56. The van der Waals surface area contributed by atoms with E-state index in [9.17, 15) is 14.7 Å². The number of rotatable bonds is 4. The summed E-state index contributed by atoms with van der Waals surface area (Å²) in [5.41, 5.74) is 2.97. The maximum absolute atomic E-state index is 12.2. The Bertz CT molecular complexity index is 814. The van der Waals surface area contributed by atoms with E-state index in [-0.39, 0.29) is 16.6 Å². The highest BCUT2D eigenvalue weighted by molar-refractivity contribution is 7.80. The smallest absolute Gasteiger partial charge is 0.257 e. The summed E-state index contributed by atoms with van der Waals surface area (Å²) in [4.78, 5) is 23.2. The number of carboxylic acid groups (broad SMARTS) is 1. The van der Waals surface area contributed by atoms with Crippen molar-refractivity contribution in [1.29, 1.82) is 0 Å². The fourth-order valence-corrected chi connectivity index (χ4v) is 2.43. The van der Waals surface area contributed by atoms with Crippen molar-refractivity contribution in [2.75, 3.05) is 5.32 Å². The molecule has 0 aliphatic carbocycles. The molecular formula is C19H19N2O3S-. The summed E-state index contributed by atoms with van der Waals surface area (Å²) in [6.07, 6.45) is 0. The number of aromatic carboxylic acids is 1. The fourth-order valence-electron chi connectivity index (χ4n) is 2.23. The van der Waals surface area contributed by atoms with Gasteiger partial charge in [0.15, 0.2) is 5.11 Å². The van der Waals surface area contributed by atoms with Crippen molar-refractivity contribution in [2.45, 2.75) is 26.7 Å². The number of amides is 1. The monoisotopic (exact) mass is 355 g/mol. The van der Waals surface area contributed by atoms with Crippen LogP contribution >= 0.6 is 12.2 Å². The first kappa shape index (κ1) is 18.6. The van der Waals surface area contributed by atoms with Gasteiger partial charge in [-0.15, -0.1) is 0 Å². The Morgan fingerprint density at radius 3 is 2.20 bits per heavy atom. The number of hydrogen-bond acceptors (Lipinski definition) is 4. The average molecular weight is 355 g/mol. The molecule has 0 aliphatic heterocycles. The minimum absolute atomic E-state index is 0.0338. The molecule has 130 valence electrons. The standard InChI is InChI=1S/C19H20N2O3S/c1-11(2)13-6-8-14(9-7-13)17(22)21-19(25)20-16-10-15(18(23)24)5-4-12(16)3/h4-11H,1-3H3,(H,23,24)(H2,20,21,22,25)/p-1. The van der Waals surface area contributed by atoms with E-state index >= 15 is 0 Å². The molecule has 2 aromatic carbocycles. The van der Waals surface area contributed by atoms with Crippen LogP contribution in [0, 0.1) is 6.92 Å². The molecule has 2 rings (SSSR count). The second-order valence-corrected chi connectivity index (χ2v) is 6.41. The van der Waals surface area contributed by atoms with Crippen molar-refractivity contribution >= 4 is 34.9 Å². The summed E-state index contributed by atoms with van der Waals surface area (Å²) >= 11 is 5.14. The van der Waals surface area contributed by atoms with Crippen LogP contribution in [0.15, 0.2) is 42.5 Å². The first-order chi connectivity index (χ1) is 11.8. The minimum atomic E-state index is -1.27. The van der Waals surface area contributed by atoms with E-state index in [1.54, 1.807) is 25.1 Å². The van der Waals surface area contributed by atoms with Crippen LogP contribution < -0.4 is 15.7 Å². The van der Waals surface area contributed by atoms with Gasteiger partial charge in [0.1, 0.15) is 0 Å². The molecule has 0 saturated carbocycles. The zero-order valence-electron chi connectivity index (χ0n) is 14.3. The maximum Gasteiger partial charge on any atom is 0.257 e. The lowest BCUT2D eigenvalue weighted by Crippen LogP contribution is -2.34. The van der Waals surface area contributed by atoms with Crippen molar-refractivity contribution in [3.05, 3.63) is 64.7 Å². The van der Waals surface area contributed by atoms with Gasteiger partial charge in [-0.3, -0.25) is 10.1 Å². The predicted molar refractivity (Wildman–Crippen MR) is 99.7 cm³/mol. The van der Waals surface area contributed by atoms with Gasteiger partial charge < -0.3 is 15.2 Å². The Labute approximate surface area is 152 Å². The Morgan fingerprint density at radius 2 is 1.64 bits per heavy atom. The van der Waals surface area contributed by atoms with Gasteiger partial charge in [0.05, 0.1) is 5.97 Å². The van der Waals surface area contributed by atoms with Crippen molar-refractivity contribution < 1.29 is 14.7 Å². The van der Waals surface area contributed by atoms with E-state index in [4.69, 9.17) is 12.2 Å². The van der Waals surface area contributed by atoms with Crippen LogP contribution in [0.5, 0.6) is 0 Å². The molecule has 25 heavy (non-hydrogen) atoms. The molecule has 0 fully saturated rings. The van der Waals surface area contributed by atoms with Gasteiger partial charge in [-0.1, -0.05) is 38.1 Å². The highest BCUT2D eigenvalue weighted by Gasteiger charge is 2.10. The molecule has 0 saturated heterocycles. The number of anilines is 1. The number of carboxylic acids is 1. The Hall–Kier alpha value is -2.73. The third kappa shape index (κ3) is 4.87. The van der Waals surface area contributed by atoms with E-state index in [1.807, 2.05) is 12.1 Å². The zero-order valence-corrected chi connectivity index (χ0v) is 15.1. The molecule has 0 atom stereocenters. The summed E-state index contributed by atoms with van der Waals surface area (Å²) in [6, 6.07) is 11.8. The molecule has 0 bridgehead atoms. The van der Waals surface area contributed by atoms with Crippen molar-refractivity contribution in [3.63, 3.8) is 0 Å². The lowest BCUT2D eigenvalue weighted by molar-refractivity contribution is -0.255. The van der Waals surface area contributed by atoms with Crippen molar-refractivity contribution in [3.8, 4) is 0 Å². The Kier molecular flexibility index (Phi) is 5.88. The lowest BCUT2D eigenvalue weighted by Gasteiger charge is -2.14. The number of benzene rings is 2. The van der Waals surface area contributed by atoms with Crippen LogP contribution in [-0.2, 0) is 0 Å². The first-order valence-corrected chi connectivity index (χ1v) is 8.23. The van der Waals surface area contributed by atoms with Gasteiger partial charge in [-0.2, -0.15) is 0 Å². The first-order valence-electron chi connectivity index (χ1n) is 7.82. The number of aryl methyl sites for hydroxylation is 1. The summed E-state index contributed by atoms with van der Waals surface area (Å²) in [6.45, 7) is 5.96. The number of hydrogen-bond donors (Lipinski definition) is 2. The van der Waals surface area contributed by atoms with Gasteiger partial charge in [-0.05, 0) is 59.9 Å². The molecule has 0 aromatic heterocycles. The van der Waals surface area contributed by atoms with E-state index in [2.05, 4.69) is 24.5 Å². The molecular weight excluding hydrogens is 336 g/mol. The summed E-state index contributed by atoms with van der Waals surface area (Å²) in [5, 5.41) is 16.5. The van der Waals surface area contributed by atoms with Gasteiger partial charge in [0.2, 0.25) is 0 Å². The largest absolute Gasteiger partial charge is 0.545 e. The second kappa shape index (κ2) is 7.90. The van der Waals surface area contributed by atoms with Crippen molar-refractivity contribution in [1.82, 2.24) is 5.32 Å². The van der Waals surface area contributed by atoms with Crippen molar-refractivity contribution in [2.24, 2.45) is 0 Å². The third-order valence-electron chi connectivity index (χ3n) is 3.79. The Morgan fingerprint density at radius 1 is 1.04 bits per heavy atom. The fraction of sp³-hybridized carbons (Fsp3) is 0.211. The molecule has 5 nitrogen and oxygen atoms in total. The number of nitrogens with one attached hydrogen (secondary N) is 2. The highest BCUT2D eigenvalue weighted by atomic mass is 32.1. The SMILES string of the molecule is Cc1ccc(C(=O)[O-])cc1NC(=S)NC(=O)c1ccc(C(C)C)cc1. The molecule has 2 N–H and O–H groups in total. The van der Waals surface area contributed by atoms with Crippen LogP contribution in [0.3, 0.4) is 0 Å². The van der Waals surface area contributed by atoms with E-state index < -0.39 is 5.97 Å². The second-order valence-electron chi connectivity index (χ2n) is 6.00.